The summed E-state index contributed by atoms with van der Waals surface area (Å²) in [5, 5.41) is 7.38. The fourth-order valence-electron chi connectivity index (χ4n) is 3.43. The number of nitrogens with one attached hydrogen (secondary N) is 1. The molecule has 0 radical (unpaired) electrons. The number of nitrogens with zero attached hydrogens (tertiary/aromatic N) is 4. The highest BCUT2D eigenvalue weighted by molar-refractivity contribution is 6.41. The number of methoxy groups -OCH3 is 2. The van der Waals surface area contributed by atoms with Gasteiger partial charge in [0.1, 0.15) is 23.9 Å². The SMILES string of the molecule is COc1cc(OC)c(Cl)c(-c2cc3cnc([N-]C4CCOC4)nc3c(NCC(F)(F)F)n2)c1Cl. The minimum Gasteiger partial charge on any atom is -0.495 e. The molecule has 1 aliphatic rings. The third-order valence-corrected chi connectivity index (χ3v) is 5.79. The molecule has 0 aliphatic carbocycles. The van der Waals surface area contributed by atoms with Gasteiger partial charge in [-0.05, 0) is 24.1 Å². The normalized spacial score (nSPS) is 16.0. The molecule has 4 rings (SSSR count). The first-order valence-corrected chi connectivity index (χ1v) is 10.8. The van der Waals surface area contributed by atoms with Crippen molar-refractivity contribution in [2.24, 2.45) is 0 Å². The highest BCUT2D eigenvalue weighted by Crippen LogP contribution is 2.46. The Hall–Kier alpha value is -2.76. The number of ether oxygens (including phenoxy) is 3. The molecular weight excluding hydrogens is 498 g/mol. The quantitative estimate of drug-likeness (QED) is 0.425. The Kier molecular flexibility index (Phi) is 7.06. The first kappa shape index (κ1) is 24.4. The number of fused-ring (bicyclic) bond motifs is 1. The van der Waals surface area contributed by atoms with Crippen LogP contribution in [0.15, 0.2) is 18.3 Å². The maximum Gasteiger partial charge on any atom is 0.405 e. The zero-order valence-electron chi connectivity index (χ0n) is 18.0. The summed E-state index contributed by atoms with van der Waals surface area (Å²) in [6, 6.07) is 2.96. The van der Waals surface area contributed by atoms with Gasteiger partial charge in [0.05, 0.1) is 36.6 Å². The summed E-state index contributed by atoms with van der Waals surface area (Å²) in [6.07, 6.45) is -2.31. The van der Waals surface area contributed by atoms with Crippen molar-refractivity contribution in [1.82, 2.24) is 15.0 Å². The van der Waals surface area contributed by atoms with E-state index in [4.69, 9.17) is 37.4 Å². The predicted molar refractivity (Wildman–Crippen MR) is 123 cm³/mol. The van der Waals surface area contributed by atoms with Crippen molar-refractivity contribution in [1.29, 1.82) is 0 Å². The van der Waals surface area contributed by atoms with Crippen LogP contribution in [-0.2, 0) is 4.74 Å². The van der Waals surface area contributed by atoms with E-state index in [-0.39, 0.29) is 56.1 Å². The fraction of sp³-hybridized carbons (Fsp3) is 0.381. The summed E-state index contributed by atoms with van der Waals surface area (Å²) < 4.78 is 54.9. The van der Waals surface area contributed by atoms with Gasteiger partial charge in [-0.1, -0.05) is 23.2 Å². The molecular formula is C21H19Cl2F3N5O3-. The number of rotatable bonds is 7. The van der Waals surface area contributed by atoms with Gasteiger partial charge in [0.25, 0.3) is 0 Å². The molecule has 1 atom stereocenters. The van der Waals surface area contributed by atoms with Crippen molar-refractivity contribution in [3.05, 3.63) is 33.7 Å². The maximum atomic E-state index is 13.0. The van der Waals surface area contributed by atoms with Gasteiger partial charge in [-0.3, -0.25) is 0 Å². The highest BCUT2D eigenvalue weighted by atomic mass is 35.5. The number of hydrogen-bond acceptors (Lipinski definition) is 7. The Morgan fingerprint density at radius 1 is 1.15 bits per heavy atom. The largest absolute Gasteiger partial charge is 0.495 e. The summed E-state index contributed by atoms with van der Waals surface area (Å²) in [4.78, 5) is 13.0. The minimum atomic E-state index is -4.49. The van der Waals surface area contributed by atoms with E-state index >= 15 is 0 Å². The molecule has 1 saturated heterocycles. The summed E-state index contributed by atoms with van der Waals surface area (Å²) in [5.41, 5.74) is 0.581. The first-order valence-electron chi connectivity index (χ1n) is 10.1. The summed E-state index contributed by atoms with van der Waals surface area (Å²) in [6.45, 7) is -0.308. The monoisotopic (exact) mass is 516 g/mol. The molecule has 13 heteroatoms. The van der Waals surface area contributed by atoms with Crippen LogP contribution in [0.1, 0.15) is 6.42 Å². The van der Waals surface area contributed by atoms with Crippen molar-refractivity contribution < 1.29 is 27.4 Å². The van der Waals surface area contributed by atoms with Gasteiger partial charge in [-0.25, -0.2) is 4.98 Å². The summed E-state index contributed by atoms with van der Waals surface area (Å²) >= 11 is 13.0. The predicted octanol–water partition coefficient (Wildman–Crippen LogP) is 5.78. The van der Waals surface area contributed by atoms with Crippen LogP contribution >= 0.6 is 23.2 Å². The lowest BCUT2D eigenvalue weighted by Gasteiger charge is -2.21. The molecule has 1 N–H and O–H groups in total. The lowest BCUT2D eigenvalue weighted by atomic mass is 10.1. The van der Waals surface area contributed by atoms with Gasteiger partial charge in [-0.15, -0.1) is 0 Å². The number of halogens is 5. The van der Waals surface area contributed by atoms with E-state index in [1.54, 1.807) is 6.07 Å². The highest BCUT2D eigenvalue weighted by Gasteiger charge is 2.28. The Morgan fingerprint density at radius 2 is 1.85 bits per heavy atom. The van der Waals surface area contributed by atoms with Crippen LogP contribution in [0.5, 0.6) is 11.5 Å². The Bertz CT molecular complexity index is 1180. The van der Waals surface area contributed by atoms with Gasteiger partial charge in [0.2, 0.25) is 0 Å². The van der Waals surface area contributed by atoms with E-state index in [0.29, 0.717) is 25.0 Å². The molecule has 1 aliphatic heterocycles. The minimum absolute atomic E-state index is 0.113. The third-order valence-electron chi connectivity index (χ3n) is 5.04. The summed E-state index contributed by atoms with van der Waals surface area (Å²) in [7, 11) is 2.83. The van der Waals surface area contributed by atoms with E-state index < -0.39 is 12.7 Å². The van der Waals surface area contributed by atoms with Crippen molar-refractivity contribution in [2.45, 2.75) is 18.6 Å². The number of pyridine rings is 1. The van der Waals surface area contributed by atoms with E-state index in [0.717, 1.165) is 0 Å². The van der Waals surface area contributed by atoms with E-state index in [1.807, 2.05) is 0 Å². The standard InChI is InChI=1S/C21H19Cl2F3N5O3/c1-32-13-6-14(33-2)17(23)15(16(13)22)12-5-10-7-27-20(29-11-3-4-34-8-11)31-18(10)19(30-12)28-9-21(24,25)26/h5-7,11H,3-4,8-9H2,1-2H3,(H-,27,28,29,30,31)/q-1. The molecule has 0 spiro atoms. The van der Waals surface area contributed by atoms with Crippen LogP contribution in [0.3, 0.4) is 0 Å². The average Bonchev–Trinajstić information content (AvgIpc) is 3.30. The second kappa shape index (κ2) is 9.85. The van der Waals surface area contributed by atoms with Crippen LogP contribution in [0.4, 0.5) is 24.9 Å². The molecule has 1 aromatic carbocycles. The molecule has 182 valence electrons. The number of aromatic nitrogens is 3. The number of alkyl halides is 3. The topological polar surface area (TPSA) is 92.5 Å². The maximum absolute atomic E-state index is 13.0. The zero-order valence-corrected chi connectivity index (χ0v) is 19.6. The second-order valence-corrected chi connectivity index (χ2v) is 8.12. The van der Waals surface area contributed by atoms with E-state index in [1.165, 1.54) is 26.5 Å². The van der Waals surface area contributed by atoms with Crippen molar-refractivity contribution in [3.63, 3.8) is 0 Å². The molecule has 0 bridgehead atoms. The summed E-state index contributed by atoms with van der Waals surface area (Å²) in [5.74, 6) is 0.523. The lowest BCUT2D eigenvalue weighted by Crippen LogP contribution is -2.22. The van der Waals surface area contributed by atoms with Gasteiger partial charge in [-0.2, -0.15) is 13.2 Å². The Balaban J connectivity index is 1.85. The van der Waals surface area contributed by atoms with Crippen LogP contribution in [0.25, 0.3) is 27.5 Å². The molecule has 1 unspecified atom stereocenters. The second-order valence-electron chi connectivity index (χ2n) is 7.36. The molecule has 3 aromatic rings. The number of benzene rings is 1. The van der Waals surface area contributed by atoms with Crippen molar-refractivity contribution >= 4 is 45.9 Å². The van der Waals surface area contributed by atoms with Crippen LogP contribution in [0.2, 0.25) is 10.0 Å². The van der Waals surface area contributed by atoms with Crippen LogP contribution < -0.4 is 14.8 Å². The van der Waals surface area contributed by atoms with Gasteiger partial charge in [0, 0.05) is 35.7 Å². The smallest absolute Gasteiger partial charge is 0.405 e. The molecule has 2 aromatic heterocycles. The zero-order chi connectivity index (χ0) is 24.5. The van der Waals surface area contributed by atoms with Crippen molar-refractivity contribution in [2.75, 3.05) is 39.3 Å². The molecule has 3 heterocycles. The van der Waals surface area contributed by atoms with E-state index in [2.05, 4.69) is 25.6 Å². The third kappa shape index (κ3) is 5.16. The molecule has 34 heavy (non-hydrogen) atoms. The van der Waals surface area contributed by atoms with E-state index in [9.17, 15) is 13.2 Å². The molecule has 0 amide bonds. The lowest BCUT2D eigenvalue weighted by molar-refractivity contribution is -0.115. The average molecular weight is 517 g/mol. The van der Waals surface area contributed by atoms with Gasteiger partial charge < -0.3 is 34.8 Å². The van der Waals surface area contributed by atoms with Crippen LogP contribution in [-0.4, -0.2) is 61.1 Å². The molecule has 0 saturated carbocycles. The Labute approximate surface area is 202 Å². The van der Waals surface area contributed by atoms with Crippen molar-refractivity contribution in [3.8, 4) is 22.8 Å². The number of anilines is 1. The fourth-order valence-corrected chi connectivity index (χ4v) is 4.12. The first-order chi connectivity index (χ1) is 16.2. The molecule has 1 fully saturated rings. The Morgan fingerprint density at radius 3 is 2.44 bits per heavy atom. The van der Waals surface area contributed by atoms with Gasteiger partial charge >= 0.3 is 6.18 Å². The van der Waals surface area contributed by atoms with Gasteiger partial charge in [0.15, 0.2) is 0 Å². The molecule has 8 nitrogen and oxygen atoms in total. The van der Waals surface area contributed by atoms with Crippen LogP contribution in [0, 0.1) is 0 Å². The number of hydrogen-bond donors (Lipinski definition) is 1.